The normalized spacial score (nSPS) is 25.0. The van der Waals surface area contributed by atoms with Gasteiger partial charge in [-0.05, 0) is 128 Å². The van der Waals surface area contributed by atoms with Crippen LogP contribution in [0.1, 0.15) is 137 Å². The minimum absolute atomic E-state index is 0.0299. The van der Waals surface area contributed by atoms with Gasteiger partial charge in [0, 0.05) is 47.8 Å². The number of fused-ring (bicyclic) bond motifs is 1. The van der Waals surface area contributed by atoms with Crippen LogP contribution in [0, 0.1) is 46.8 Å². The van der Waals surface area contributed by atoms with E-state index in [1.807, 2.05) is 45.9 Å². The van der Waals surface area contributed by atoms with E-state index in [1.54, 1.807) is 20.1 Å². The molecule has 6 unspecified atom stereocenters. The largest absolute Gasteiger partial charge is 0.496 e. The molecule has 0 amide bonds. The van der Waals surface area contributed by atoms with Gasteiger partial charge in [-0.1, -0.05) is 65.3 Å². The van der Waals surface area contributed by atoms with Crippen LogP contribution in [-0.4, -0.2) is 48.4 Å². The predicted octanol–water partition coefficient (Wildman–Crippen LogP) is 10.9. The lowest BCUT2D eigenvalue weighted by atomic mass is 9.70. The number of rotatable bonds is 17. The molecule has 3 fully saturated rings. The molecular formula is C51H66O8. The topological polar surface area (TPSA) is 113 Å². The summed E-state index contributed by atoms with van der Waals surface area (Å²) >= 11 is 0. The summed E-state index contributed by atoms with van der Waals surface area (Å²) in [6.07, 6.45) is 12.0. The molecule has 0 N–H and O–H groups in total. The number of ether oxygens (including phenoxy) is 3. The molecule has 0 saturated heterocycles. The van der Waals surface area contributed by atoms with Crippen molar-refractivity contribution in [2.45, 2.75) is 145 Å². The van der Waals surface area contributed by atoms with Crippen molar-refractivity contribution >= 4 is 45.4 Å². The Morgan fingerprint density at radius 1 is 0.932 bits per heavy atom. The monoisotopic (exact) mass is 806 g/mol. The number of carbonyl (C=O) groups is 5. The molecule has 318 valence electrons. The first-order valence-electron chi connectivity index (χ1n) is 21.8. The number of allylic oxidation sites excluding steroid dienone is 5. The van der Waals surface area contributed by atoms with E-state index in [1.165, 1.54) is 0 Å². The van der Waals surface area contributed by atoms with Crippen molar-refractivity contribution in [3.8, 4) is 11.5 Å². The lowest BCUT2D eigenvalue weighted by molar-refractivity contribution is -0.154. The highest BCUT2D eigenvalue weighted by molar-refractivity contribution is 5.98. The highest BCUT2D eigenvalue weighted by atomic mass is 16.5. The van der Waals surface area contributed by atoms with Gasteiger partial charge in [0.1, 0.15) is 46.8 Å². The number of hydrogen-bond donors (Lipinski definition) is 0. The first kappa shape index (κ1) is 44.2. The Kier molecular flexibility index (Phi) is 13.0. The van der Waals surface area contributed by atoms with E-state index in [0.717, 1.165) is 64.5 Å². The molecular weight excluding hydrogens is 741 g/mol. The summed E-state index contributed by atoms with van der Waals surface area (Å²) in [7, 11) is 1.65. The van der Waals surface area contributed by atoms with E-state index in [2.05, 4.69) is 45.6 Å². The van der Waals surface area contributed by atoms with Crippen LogP contribution in [0.25, 0.3) is 16.3 Å². The molecule has 8 heteroatoms. The summed E-state index contributed by atoms with van der Waals surface area (Å²) in [4.78, 5) is 68.6. The number of Topliss-reactive ketones (excluding diaryl/α,β-unsaturated/α-hetero) is 4. The fourth-order valence-electron chi connectivity index (χ4n) is 10.0. The molecule has 4 aliphatic rings. The van der Waals surface area contributed by atoms with Crippen molar-refractivity contribution in [1.82, 2.24) is 0 Å². The third kappa shape index (κ3) is 10.2. The fourth-order valence-corrected chi connectivity index (χ4v) is 10.0. The molecule has 3 saturated carbocycles. The van der Waals surface area contributed by atoms with Crippen molar-refractivity contribution in [2.24, 2.45) is 39.9 Å². The Morgan fingerprint density at radius 3 is 2.24 bits per heavy atom. The van der Waals surface area contributed by atoms with Gasteiger partial charge < -0.3 is 14.2 Å². The minimum atomic E-state index is -0.778. The van der Waals surface area contributed by atoms with E-state index in [9.17, 15) is 24.0 Å². The van der Waals surface area contributed by atoms with Crippen molar-refractivity contribution in [2.75, 3.05) is 7.11 Å². The third-order valence-electron chi connectivity index (χ3n) is 13.4. The average Bonchev–Trinajstić information content (AvgIpc) is 3.55. The van der Waals surface area contributed by atoms with E-state index in [4.69, 9.17) is 14.2 Å². The van der Waals surface area contributed by atoms with Crippen LogP contribution in [0.5, 0.6) is 11.5 Å². The fraction of sp³-hybridized carbons (Fsp3) is 0.588. The van der Waals surface area contributed by atoms with Gasteiger partial charge in [0.25, 0.3) is 0 Å². The Labute approximate surface area is 351 Å². The van der Waals surface area contributed by atoms with Crippen molar-refractivity contribution < 1.29 is 38.2 Å². The summed E-state index contributed by atoms with van der Waals surface area (Å²) in [6, 6.07) is 8.20. The van der Waals surface area contributed by atoms with Crippen LogP contribution in [-0.2, 0) is 28.7 Å². The van der Waals surface area contributed by atoms with E-state index in [-0.39, 0.29) is 59.4 Å². The molecule has 59 heavy (non-hydrogen) atoms. The molecule has 0 heterocycles. The number of aryl methyl sites for hydroxylation is 1. The molecule has 0 radical (unpaired) electrons. The molecule has 2 aromatic carbocycles. The molecule has 2 aromatic rings. The van der Waals surface area contributed by atoms with Gasteiger partial charge in [0.15, 0.2) is 0 Å². The second-order valence-corrected chi connectivity index (χ2v) is 20.4. The van der Waals surface area contributed by atoms with E-state index in [0.29, 0.717) is 44.3 Å². The average molecular weight is 807 g/mol. The van der Waals surface area contributed by atoms with Gasteiger partial charge in [0.2, 0.25) is 0 Å². The Balaban J connectivity index is 1.32. The van der Waals surface area contributed by atoms with Gasteiger partial charge in [-0.2, -0.15) is 0 Å². The molecule has 0 aromatic heterocycles. The zero-order chi connectivity index (χ0) is 43.0. The maximum Gasteiger partial charge on any atom is 0.306 e. The lowest BCUT2D eigenvalue weighted by Gasteiger charge is -2.32. The number of ketones is 4. The number of carbonyl (C=O) groups excluding carboxylic acids is 5. The number of benzene rings is 2. The van der Waals surface area contributed by atoms with Crippen LogP contribution in [0.3, 0.4) is 0 Å². The molecule has 0 bridgehead atoms. The summed E-state index contributed by atoms with van der Waals surface area (Å²) in [5.74, 6) is -1.10. The summed E-state index contributed by atoms with van der Waals surface area (Å²) < 4.78 is 18.5. The quantitative estimate of drug-likeness (QED) is 0.115. The van der Waals surface area contributed by atoms with Gasteiger partial charge in [-0.25, -0.2) is 0 Å². The summed E-state index contributed by atoms with van der Waals surface area (Å²) in [6.45, 7) is 19.6. The van der Waals surface area contributed by atoms with Crippen LogP contribution in [0.2, 0.25) is 0 Å². The Hall–Kier alpha value is -4.33. The highest BCUT2D eigenvalue weighted by Crippen LogP contribution is 2.58. The highest BCUT2D eigenvalue weighted by Gasteiger charge is 2.59. The SMILES string of the molecule is C=CC1CC1(CC(=O)C1CC(Oc2cc(C3=CCC(CC(=O)CC(C)(C)C)=C3)cc3cc(OC)c(C)cc23)CC1C(=O)C(CC(=O)OC1CCCC1)C(C)(C)C)C(C)=O. The molecule has 8 nitrogen and oxygen atoms in total. The Morgan fingerprint density at radius 2 is 1.63 bits per heavy atom. The Bertz CT molecular complexity index is 2060. The molecule has 0 aliphatic heterocycles. The second kappa shape index (κ2) is 17.3. The molecule has 0 spiro atoms. The first-order valence-corrected chi connectivity index (χ1v) is 21.8. The molecule has 6 rings (SSSR count). The lowest BCUT2D eigenvalue weighted by Crippen LogP contribution is -2.39. The minimum Gasteiger partial charge on any atom is -0.496 e. The van der Waals surface area contributed by atoms with Crippen LogP contribution in [0.15, 0.2) is 54.6 Å². The second-order valence-electron chi connectivity index (χ2n) is 20.4. The molecule has 4 aliphatic carbocycles. The zero-order valence-corrected chi connectivity index (χ0v) is 37.0. The maximum absolute atomic E-state index is 14.9. The van der Waals surface area contributed by atoms with Crippen molar-refractivity contribution in [3.05, 3.63) is 65.8 Å². The number of esters is 1. The van der Waals surface area contributed by atoms with Gasteiger partial charge >= 0.3 is 5.97 Å². The van der Waals surface area contributed by atoms with Crippen LogP contribution < -0.4 is 9.47 Å². The van der Waals surface area contributed by atoms with Crippen LogP contribution in [0.4, 0.5) is 0 Å². The van der Waals surface area contributed by atoms with E-state index >= 15 is 0 Å². The number of hydrogen-bond acceptors (Lipinski definition) is 8. The summed E-state index contributed by atoms with van der Waals surface area (Å²) in [5.41, 5.74) is 2.56. The standard InChI is InChI=1S/C51H66O8/c1-11-36-27-51(36,31(3)52)29-44(54)41-24-39(25-42(41)48(56)43(50(7,8)9)26-47(55)59-38-14-12-13-15-38)58-46-22-34(21-35-23-45(57-10)30(2)18-40(35)46)33-17-16-32(19-33)20-37(53)28-49(4,5)6/h11,17-19,21-23,36,38-39,41-43H,1,12-16,20,24-29H2,2-10H3. The zero-order valence-electron chi connectivity index (χ0n) is 37.0. The molecule has 6 atom stereocenters. The summed E-state index contributed by atoms with van der Waals surface area (Å²) in [5, 5.41) is 1.81. The van der Waals surface area contributed by atoms with E-state index < -0.39 is 34.7 Å². The van der Waals surface area contributed by atoms with Crippen LogP contribution >= 0.6 is 0 Å². The predicted molar refractivity (Wildman–Crippen MR) is 232 cm³/mol. The van der Waals surface area contributed by atoms with Gasteiger partial charge in [0.05, 0.1) is 13.5 Å². The van der Waals surface area contributed by atoms with Crippen molar-refractivity contribution in [1.29, 1.82) is 0 Å². The first-order chi connectivity index (χ1) is 27.7. The smallest absolute Gasteiger partial charge is 0.306 e. The maximum atomic E-state index is 14.9. The van der Waals surface area contributed by atoms with Gasteiger partial charge in [-0.3, -0.25) is 24.0 Å². The van der Waals surface area contributed by atoms with Gasteiger partial charge in [-0.15, -0.1) is 6.58 Å². The van der Waals surface area contributed by atoms with Crippen molar-refractivity contribution in [3.63, 3.8) is 0 Å². The third-order valence-corrected chi connectivity index (χ3v) is 13.4. The number of methoxy groups -OCH3 is 1.